The Morgan fingerprint density at radius 3 is 2.59 bits per heavy atom. The maximum Gasteiger partial charge on any atom is 0.270 e. The zero-order chi connectivity index (χ0) is 15.5. The summed E-state index contributed by atoms with van der Waals surface area (Å²) in [5.74, 6) is -0.0550. The predicted octanol–water partition coefficient (Wildman–Crippen LogP) is 3.31. The molecule has 4 nitrogen and oxygen atoms in total. The average molecular weight is 289 g/mol. The molecule has 1 N–H and O–H groups in total. The molecule has 0 saturated carbocycles. The van der Waals surface area contributed by atoms with Crippen LogP contribution in [0.2, 0.25) is 0 Å². The number of hydrogen-bond acceptors (Lipinski definition) is 2. The van der Waals surface area contributed by atoms with Crippen LogP contribution in [0.15, 0.2) is 54.6 Å². The number of carbonyl (C=O) groups is 1. The summed E-state index contributed by atoms with van der Waals surface area (Å²) < 4.78 is 0. The van der Waals surface area contributed by atoms with Crippen LogP contribution in [0, 0.1) is 11.3 Å². The normalized spacial score (nSPS) is 10.4. The molecule has 0 fully saturated rings. The molecule has 0 radical (unpaired) electrons. The van der Waals surface area contributed by atoms with Crippen LogP contribution in [0.4, 0.5) is 0 Å². The van der Waals surface area contributed by atoms with Crippen molar-refractivity contribution in [3.63, 3.8) is 0 Å². The van der Waals surface area contributed by atoms with Crippen molar-refractivity contribution in [2.45, 2.75) is 6.54 Å². The van der Waals surface area contributed by atoms with Crippen LogP contribution in [0.5, 0.6) is 0 Å². The fraction of sp³-hybridized carbons (Fsp3) is 0.111. The van der Waals surface area contributed by atoms with E-state index in [0.717, 1.165) is 16.5 Å². The van der Waals surface area contributed by atoms with Gasteiger partial charge in [0, 0.05) is 24.5 Å². The van der Waals surface area contributed by atoms with E-state index in [2.05, 4.69) is 11.1 Å². The van der Waals surface area contributed by atoms with Gasteiger partial charge in [-0.15, -0.1) is 0 Å². The Morgan fingerprint density at radius 1 is 1.18 bits per heavy atom. The van der Waals surface area contributed by atoms with Crippen LogP contribution in [-0.4, -0.2) is 22.8 Å². The minimum atomic E-state index is -0.0550. The second kappa shape index (κ2) is 5.74. The quantitative estimate of drug-likeness (QED) is 0.804. The highest BCUT2D eigenvalue weighted by Gasteiger charge is 2.14. The molecule has 1 amide bonds. The summed E-state index contributed by atoms with van der Waals surface area (Å²) in [6.07, 6.45) is 0. The molecule has 1 aromatic heterocycles. The lowest BCUT2D eigenvalue weighted by atomic mass is 10.1. The van der Waals surface area contributed by atoms with E-state index in [1.165, 1.54) is 0 Å². The van der Waals surface area contributed by atoms with Crippen molar-refractivity contribution >= 4 is 16.8 Å². The number of nitriles is 1. The van der Waals surface area contributed by atoms with E-state index in [1.807, 2.05) is 42.5 Å². The van der Waals surface area contributed by atoms with Gasteiger partial charge in [-0.25, -0.2) is 0 Å². The molecule has 0 bridgehead atoms. The van der Waals surface area contributed by atoms with Crippen molar-refractivity contribution in [2.75, 3.05) is 7.05 Å². The van der Waals surface area contributed by atoms with Gasteiger partial charge in [-0.2, -0.15) is 5.26 Å². The Labute approximate surface area is 128 Å². The summed E-state index contributed by atoms with van der Waals surface area (Å²) in [6, 6.07) is 19.0. The highest BCUT2D eigenvalue weighted by molar-refractivity contribution is 5.97. The molecule has 2 aromatic carbocycles. The fourth-order valence-corrected chi connectivity index (χ4v) is 2.42. The van der Waals surface area contributed by atoms with Gasteiger partial charge in [-0.05, 0) is 29.8 Å². The third kappa shape index (κ3) is 2.70. The lowest BCUT2D eigenvalue weighted by Gasteiger charge is -2.16. The molecule has 0 saturated heterocycles. The zero-order valence-electron chi connectivity index (χ0n) is 12.2. The van der Waals surface area contributed by atoms with Crippen molar-refractivity contribution in [3.8, 4) is 6.07 Å². The standard InChI is InChI=1S/C18H15N3O/c1-21(12-14-8-6-13(11-19)7-9-14)18(22)17-10-15-4-2-3-5-16(15)20-17/h2-10,20H,12H2,1H3. The highest BCUT2D eigenvalue weighted by Crippen LogP contribution is 2.16. The third-order valence-electron chi connectivity index (χ3n) is 3.61. The third-order valence-corrected chi connectivity index (χ3v) is 3.61. The molecular weight excluding hydrogens is 274 g/mol. The monoisotopic (exact) mass is 289 g/mol. The summed E-state index contributed by atoms with van der Waals surface area (Å²) in [5.41, 5.74) is 3.15. The van der Waals surface area contributed by atoms with Crippen LogP contribution in [0.3, 0.4) is 0 Å². The minimum absolute atomic E-state index is 0.0550. The van der Waals surface area contributed by atoms with Crippen molar-refractivity contribution in [1.82, 2.24) is 9.88 Å². The van der Waals surface area contributed by atoms with Crippen molar-refractivity contribution < 1.29 is 4.79 Å². The molecular formula is C18H15N3O. The molecule has 0 aliphatic rings. The van der Waals surface area contributed by atoms with E-state index in [0.29, 0.717) is 17.8 Å². The first-order valence-electron chi connectivity index (χ1n) is 6.99. The lowest BCUT2D eigenvalue weighted by Crippen LogP contribution is -2.26. The molecule has 0 aliphatic carbocycles. The summed E-state index contributed by atoms with van der Waals surface area (Å²) in [6.45, 7) is 0.500. The number of rotatable bonds is 3. The number of aromatic nitrogens is 1. The Bertz CT molecular complexity index is 823. The molecule has 1 heterocycles. The van der Waals surface area contributed by atoms with Gasteiger partial charge >= 0.3 is 0 Å². The number of nitrogens with one attached hydrogen (secondary N) is 1. The number of fused-ring (bicyclic) bond motifs is 1. The number of amides is 1. The number of benzene rings is 2. The number of hydrogen-bond donors (Lipinski definition) is 1. The van der Waals surface area contributed by atoms with E-state index in [4.69, 9.17) is 5.26 Å². The van der Waals surface area contributed by atoms with Crippen LogP contribution >= 0.6 is 0 Å². The average Bonchev–Trinajstić information content (AvgIpc) is 2.98. The summed E-state index contributed by atoms with van der Waals surface area (Å²) in [4.78, 5) is 17.3. The number of H-pyrrole nitrogens is 1. The first-order chi connectivity index (χ1) is 10.7. The number of para-hydroxylation sites is 1. The maximum absolute atomic E-state index is 12.5. The fourth-order valence-electron chi connectivity index (χ4n) is 2.42. The van der Waals surface area contributed by atoms with E-state index < -0.39 is 0 Å². The smallest absolute Gasteiger partial charge is 0.270 e. The van der Waals surface area contributed by atoms with Gasteiger partial charge in [0.1, 0.15) is 5.69 Å². The molecule has 0 aliphatic heterocycles. The minimum Gasteiger partial charge on any atom is -0.351 e. The number of nitrogens with zero attached hydrogens (tertiary/aromatic N) is 2. The Balaban J connectivity index is 1.77. The van der Waals surface area contributed by atoms with Gasteiger partial charge < -0.3 is 9.88 Å². The van der Waals surface area contributed by atoms with E-state index in [1.54, 1.807) is 24.1 Å². The van der Waals surface area contributed by atoms with Crippen LogP contribution < -0.4 is 0 Å². The SMILES string of the molecule is CN(Cc1ccc(C#N)cc1)C(=O)c1cc2ccccc2[nH]1. The summed E-state index contributed by atoms with van der Waals surface area (Å²) in [7, 11) is 1.77. The van der Waals surface area contributed by atoms with E-state index in [-0.39, 0.29) is 5.91 Å². The number of aromatic amines is 1. The van der Waals surface area contributed by atoms with Gasteiger partial charge in [0.05, 0.1) is 11.6 Å². The largest absolute Gasteiger partial charge is 0.351 e. The van der Waals surface area contributed by atoms with Gasteiger partial charge in [-0.1, -0.05) is 30.3 Å². The second-order valence-corrected chi connectivity index (χ2v) is 5.24. The van der Waals surface area contributed by atoms with Crippen molar-refractivity contribution in [3.05, 3.63) is 71.4 Å². The zero-order valence-corrected chi connectivity index (χ0v) is 12.2. The van der Waals surface area contributed by atoms with Gasteiger partial charge in [0.2, 0.25) is 0 Å². The Kier molecular flexibility index (Phi) is 3.63. The van der Waals surface area contributed by atoms with Crippen molar-refractivity contribution in [1.29, 1.82) is 5.26 Å². The molecule has 0 unspecified atom stereocenters. The molecule has 0 spiro atoms. The van der Waals surface area contributed by atoms with Crippen LogP contribution in [-0.2, 0) is 6.54 Å². The van der Waals surface area contributed by atoms with E-state index >= 15 is 0 Å². The molecule has 0 atom stereocenters. The lowest BCUT2D eigenvalue weighted by molar-refractivity contribution is 0.0780. The van der Waals surface area contributed by atoms with Crippen LogP contribution in [0.25, 0.3) is 10.9 Å². The molecule has 3 rings (SSSR count). The first-order valence-corrected chi connectivity index (χ1v) is 6.99. The summed E-state index contributed by atoms with van der Waals surface area (Å²) in [5, 5.41) is 9.82. The Hall–Kier alpha value is -3.06. The molecule has 22 heavy (non-hydrogen) atoms. The number of carbonyl (C=O) groups excluding carboxylic acids is 1. The predicted molar refractivity (Wildman–Crippen MR) is 85.3 cm³/mol. The maximum atomic E-state index is 12.5. The van der Waals surface area contributed by atoms with Gasteiger partial charge in [0.15, 0.2) is 0 Å². The van der Waals surface area contributed by atoms with Crippen LogP contribution in [0.1, 0.15) is 21.6 Å². The van der Waals surface area contributed by atoms with Crippen molar-refractivity contribution in [2.24, 2.45) is 0 Å². The molecule has 4 heteroatoms. The van der Waals surface area contributed by atoms with E-state index in [9.17, 15) is 4.79 Å². The van der Waals surface area contributed by atoms with Gasteiger partial charge in [-0.3, -0.25) is 4.79 Å². The first kappa shape index (κ1) is 13.9. The molecule has 3 aromatic rings. The summed E-state index contributed by atoms with van der Waals surface area (Å²) >= 11 is 0. The second-order valence-electron chi connectivity index (χ2n) is 5.24. The molecule has 108 valence electrons. The van der Waals surface area contributed by atoms with Gasteiger partial charge in [0.25, 0.3) is 5.91 Å². The highest BCUT2D eigenvalue weighted by atomic mass is 16.2. The topological polar surface area (TPSA) is 59.9 Å². The Morgan fingerprint density at radius 2 is 1.91 bits per heavy atom.